The molecule has 3 heterocycles. The van der Waals surface area contributed by atoms with Gasteiger partial charge in [-0.2, -0.15) is 5.10 Å². The van der Waals surface area contributed by atoms with Gasteiger partial charge in [0.15, 0.2) is 5.65 Å². The summed E-state index contributed by atoms with van der Waals surface area (Å²) < 4.78 is 7.14. The molecule has 186 valence electrons. The topological polar surface area (TPSA) is 80.0 Å². The Bertz CT molecular complexity index is 1440. The first-order valence-corrected chi connectivity index (χ1v) is 12.4. The van der Waals surface area contributed by atoms with Crippen LogP contribution >= 0.6 is 0 Å². The van der Waals surface area contributed by atoms with Gasteiger partial charge in [0.25, 0.3) is 0 Å². The van der Waals surface area contributed by atoms with Crippen LogP contribution in [-0.2, 0) is 22.4 Å². The molecular formula is C28H31N5O3. The quantitative estimate of drug-likeness (QED) is 0.419. The first kappa shape index (κ1) is 23.8. The van der Waals surface area contributed by atoms with E-state index in [0.717, 1.165) is 44.8 Å². The number of rotatable bonds is 6. The van der Waals surface area contributed by atoms with Crippen LogP contribution in [0, 0.1) is 13.8 Å². The minimum Gasteiger partial charge on any atom is -0.497 e. The summed E-state index contributed by atoms with van der Waals surface area (Å²) in [5.74, 6) is 0.934. The van der Waals surface area contributed by atoms with E-state index in [-0.39, 0.29) is 11.8 Å². The molecule has 0 spiro atoms. The number of nitrogens with zero attached hydrogens (tertiary/aromatic N) is 5. The monoisotopic (exact) mass is 485 g/mol. The number of hydrogen-bond donors (Lipinski definition) is 0. The summed E-state index contributed by atoms with van der Waals surface area (Å²) in [6.45, 7) is 6.27. The molecule has 0 atom stereocenters. The minimum atomic E-state index is 0.0765. The molecule has 0 unspecified atom stereocenters. The zero-order valence-electron chi connectivity index (χ0n) is 21.0. The fourth-order valence-electron chi connectivity index (χ4n) is 5.00. The van der Waals surface area contributed by atoms with Crippen molar-refractivity contribution in [2.24, 2.45) is 0 Å². The second-order valence-electron chi connectivity index (χ2n) is 9.30. The molecule has 2 aromatic heterocycles. The fourth-order valence-corrected chi connectivity index (χ4v) is 5.00. The first-order valence-electron chi connectivity index (χ1n) is 12.4. The Kier molecular flexibility index (Phi) is 6.59. The molecule has 8 heteroatoms. The number of ether oxygens (including phenoxy) is 1. The van der Waals surface area contributed by atoms with Gasteiger partial charge in [0, 0.05) is 49.4 Å². The van der Waals surface area contributed by atoms with Crippen LogP contribution in [0.4, 0.5) is 0 Å². The smallest absolute Gasteiger partial charge is 0.227 e. The molecule has 0 radical (unpaired) electrons. The number of aromatic nitrogens is 3. The highest BCUT2D eigenvalue weighted by molar-refractivity contribution is 5.92. The minimum absolute atomic E-state index is 0.0765. The zero-order valence-corrected chi connectivity index (χ0v) is 21.0. The molecule has 4 aromatic rings. The molecule has 1 fully saturated rings. The van der Waals surface area contributed by atoms with Crippen LogP contribution in [0.2, 0.25) is 0 Å². The second kappa shape index (κ2) is 9.97. The molecule has 2 amide bonds. The zero-order chi connectivity index (χ0) is 25.2. The molecule has 0 bridgehead atoms. The third-order valence-corrected chi connectivity index (χ3v) is 7.08. The van der Waals surface area contributed by atoms with E-state index in [0.29, 0.717) is 45.4 Å². The Balaban J connectivity index is 1.19. The number of carbonyl (C=O) groups is 2. The van der Waals surface area contributed by atoms with Gasteiger partial charge in [-0.05, 0) is 55.7 Å². The molecule has 0 aliphatic carbocycles. The molecule has 0 saturated carbocycles. The van der Waals surface area contributed by atoms with Gasteiger partial charge in [-0.15, -0.1) is 0 Å². The summed E-state index contributed by atoms with van der Waals surface area (Å²) in [5.41, 5.74) is 5.72. The van der Waals surface area contributed by atoms with Crippen molar-refractivity contribution in [1.82, 2.24) is 24.4 Å². The number of carbonyl (C=O) groups excluding carboxylic acids is 2. The van der Waals surface area contributed by atoms with Gasteiger partial charge in [-0.1, -0.05) is 24.3 Å². The van der Waals surface area contributed by atoms with E-state index >= 15 is 0 Å². The molecule has 1 aliphatic rings. The van der Waals surface area contributed by atoms with Crippen LogP contribution < -0.4 is 4.74 Å². The highest BCUT2D eigenvalue weighted by atomic mass is 16.5. The van der Waals surface area contributed by atoms with E-state index in [1.807, 2.05) is 76.7 Å². The summed E-state index contributed by atoms with van der Waals surface area (Å²) in [5, 5.41) is 5.74. The van der Waals surface area contributed by atoms with Gasteiger partial charge in [-0.25, -0.2) is 9.50 Å². The van der Waals surface area contributed by atoms with E-state index in [4.69, 9.17) is 14.8 Å². The summed E-state index contributed by atoms with van der Waals surface area (Å²) in [7, 11) is 1.62. The van der Waals surface area contributed by atoms with Crippen molar-refractivity contribution in [3.05, 3.63) is 71.0 Å². The second-order valence-corrected chi connectivity index (χ2v) is 9.30. The highest BCUT2D eigenvalue weighted by Crippen LogP contribution is 2.23. The van der Waals surface area contributed by atoms with Gasteiger partial charge in [0.2, 0.25) is 11.8 Å². The molecule has 8 nitrogen and oxygen atoms in total. The number of piperazine rings is 1. The van der Waals surface area contributed by atoms with Crippen LogP contribution in [0.25, 0.3) is 16.6 Å². The van der Waals surface area contributed by atoms with E-state index in [1.165, 1.54) is 0 Å². The van der Waals surface area contributed by atoms with Crippen LogP contribution in [0.1, 0.15) is 28.9 Å². The molecule has 5 rings (SSSR count). The number of hydrogen-bond acceptors (Lipinski definition) is 5. The summed E-state index contributed by atoms with van der Waals surface area (Å²) >= 11 is 0. The van der Waals surface area contributed by atoms with Crippen molar-refractivity contribution in [1.29, 1.82) is 0 Å². The summed E-state index contributed by atoms with van der Waals surface area (Å²) in [4.78, 5) is 34.3. The van der Waals surface area contributed by atoms with Crippen LogP contribution in [0.3, 0.4) is 0 Å². The molecule has 0 N–H and O–H groups in total. The molecular weight excluding hydrogens is 454 g/mol. The van der Waals surface area contributed by atoms with Crippen LogP contribution in [0.15, 0.2) is 48.5 Å². The molecule has 36 heavy (non-hydrogen) atoms. The maximum absolute atomic E-state index is 13.0. The maximum Gasteiger partial charge on any atom is 0.227 e. The van der Waals surface area contributed by atoms with E-state index in [9.17, 15) is 9.59 Å². The Labute approximate surface area is 210 Å². The largest absolute Gasteiger partial charge is 0.497 e. The number of fused-ring (bicyclic) bond motifs is 3. The highest BCUT2D eigenvalue weighted by Gasteiger charge is 2.24. The molecule has 1 saturated heterocycles. The average Bonchev–Trinajstić information content (AvgIpc) is 3.27. The van der Waals surface area contributed by atoms with Crippen molar-refractivity contribution in [2.45, 2.75) is 33.1 Å². The van der Waals surface area contributed by atoms with Gasteiger partial charge < -0.3 is 14.5 Å². The first-order chi connectivity index (χ1) is 17.4. The lowest BCUT2D eigenvalue weighted by molar-refractivity contribution is -0.139. The van der Waals surface area contributed by atoms with E-state index in [1.54, 1.807) is 7.11 Å². The van der Waals surface area contributed by atoms with Crippen molar-refractivity contribution >= 4 is 28.4 Å². The standard InChI is InChI=1S/C28H31N5O3/c1-19-23(20(2)33-28(29-19)24-9-4-5-10-25(24)30-33)11-12-26(34)31-13-15-32(16-14-31)27(35)18-21-7-6-8-22(17-21)36-3/h4-10,17H,11-16,18H2,1-3H3. The Morgan fingerprint density at radius 3 is 2.42 bits per heavy atom. The van der Waals surface area contributed by atoms with E-state index < -0.39 is 0 Å². The number of aryl methyl sites for hydroxylation is 2. The Morgan fingerprint density at radius 1 is 0.944 bits per heavy atom. The summed E-state index contributed by atoms with van der Waals surface area (Å²) in [6, 6.07) is 15.6. The normalized spacial score (nSPS) is 14.0. The number of amides is 2. The lowest BCUT2D eigenvalue weighted by atomic mass is 10.1. The predicted octanol–water partition coefficient (Wildman–Crippen LogP) is 3.35. The Morgan fingerprint density at radius 2 is 1.67 bits per heavy atom. The van der Waals surface area contributed by atoms with Gasteiger partial charge in [0.05, 0.1) is 19.0 Å². The number of methoxy groups -OCH3 is 1. The van der Waals surface area contributed by atoms with Gasteiger partial charge in [0.1, 0.15) is 5.75 Å². The lowest BCUT2D eigenvalue weighted by Crippen LogP contribution is -2.51. The van der Waals surface area contributed by atoms with Crippen molar-refractivity contribution in [3.63, 3.8) is 0 Å². The lowest BCUT2D eigenvalue weighted by Gasteiger charge is -2.35. The van der Waals surface area contributed by atoms with Crippen molar-refractivity contribution < 1.29 is 14.3 Å². The molecule has 2 aromatic carbocycles. The van der Waals surface area contributed by atoms with Crippen LogP contribution in [-0.4, -0.2) is 69.5 Å². The third kappa shape index (κ3) is 4.63. The van der Waals surface area contributed by atoms with Crippen LogP contribution in [0.5, 0.6) is 5.75 Å². The maximum atomic E-state index is 13.0. The molecule has 1 aliphatic heterocycles. The van der Waals surface area contributed by atoms with Gasteiger partial charge >= 0.3 is 0 Å². The van der Waals surface area contributed by atoms with Crippen molar-refractivity contribution in [2.75, 3.05) is 33.3 Å². The van der Waals surface area contributed by atoms with Gasteiger partial charge in [-0.3, -0.25) is 9.59 Å². The summed E-state index contributed by atoms with van der Waals surface area (Å²) in [6.07, 6.45) is 1.36. The fraction of sp³-hybridized carbons (Fsp3) is 0.357. The van der Waals surface area contributed by atoms with Crippen molar-refractivity contribution in [3.8, 4) is 5.75 Å². The van der Waals surface area contributed by atoms with E-state index in [2.05, 4.69) is 0 Å². The average molecular weight is 486 g/mol. The predicted molar refractivity (Wildman–Crippen MR) is 138 cm³/mol. The SMILES string of the molecule is COc1cccc(CC(=O)N2CCN(C(=O)CCc3c(C)nc4c5ccccc5nn4c3C)CC2)c1. The number of benzene rings is 2. The Hall–Kier alpha value is -3.94. The third-order valence-electron chi connectivity index (χ3n) is 7.08.